The minimum Gasteiger partial charge on any atom is -0.381 e. The van der Waals surface area contributed by atoms with E-state index in [-0.39, 0.29) is 17.6 Å². The van der Waals surface area contributed by atoms with Crippen LogP contribution in [-0.2, 0) is 14.3 Å². The highest BCUT2D eigenvalue weighted by atomic mass is 16.5. The summed E-state index contributed by atoms with van der Waals surface area (Å²) in [4.78, 5) is 25.4. The lowest BCUT2D eigenvalue weighted by Gasteiger charge is -2.31. The van der Waals surface area contributed by atoms with E-state index in [4.69, 9.17) is 4.74 Å². The van der Waals surface area contributed by atoms with Gasteiger partial charge in [0.05, 0.1) is 18.1 Å². The van der Waals surface area contributed by atoms with Gasteiger partial charge < -0.3 is 9.64 Å². The highest BCUT2D eigenvalue weighted by Crippen LogP contribution is 2.28. The molecule has 2 fully saturated rings. The van der Waals surface area contributed by atoms with Gasteiger partial charge in [0.2, 0.25) is 5.91 Å². The van der Waals surface area contributed by atoms with Crippen LogP contribution < -0.4 is 0 Å². The van der Waals surface area contributed by atoms with Gasteiger partial charge in [-0.05, 0) is 20.3 Å². The Morgan fingerprint density at radius 2 is 2.27 bits per heavy atom. The molecule has 2 aliphatic rings. The Bertz CT molecular complexity index is 292. The van der Waals surface area contributed by atoms with Crippen LogP contribution >= 0.6 is 0 Å². The number of hydrogen-bond acceptors (Lipinski definition) is 3. The fourth-order valence-corrected chi connectivity index (χ4v) is 2.28. The summed E-state index contributed by atoms with van der Waals surface area (Å²) in [6, 6.07) is 0. The molecule has 2 heterocycles. The molecule has 2 saturated heterocycles. The third-order valence-corrected chi connectivity index (χ3v) is 3.46. The number of rotatable bonds is 1. The number of carbonyl (C=O) groups is 2. The van der Waals surface area contributed by atoms with Crippen molar-refractivity contribution in [1.82, 2.24) is 4.90 Å². The van der Waals surface area contributed by atoms with Gasteiger partial charge in [-0.3, -0.25) is 9.59 Å². The third-order valence-electron chi connectivity index (χ3n) is 3.46. The molecule has 84 valence electrons. The molecule has 4 heteroatoms. The Balaban J connectivity index is 2.10. The van der Waals surface area contributed by atoms with Crippen molar-refractivity contribution in [3.8, 4) is 0 Å². The summed E-state index contributed by atoms with van der Waals surface area (Å²) < 4.78 is 5.20. The van der Waals surface area contributed by atoms with Crippen LogP contribution in [0, 0.1) is 5.92 Å². The van der Waals surface area contributed by atoms with Crippen molar-refractivity contribution in [2.24, 2.45) is 5.92 Å². The summed E-state index contributed by atoms with van der Waals surface area (Å²) in [5.74, 6) is 0.216. The number of ether oxygens (including phenoxy) is 1. The van der Waals surface area contributed by atoms with Crippen molar-refractivity contribution in [2.75, 3.05) is 19.8 Å². The standard InChI is InChI=1S/C11H17NO3/c1-11(2)9(13)3-5-12(11)10(14)8-4-6-15-7-8/h8H,3-7H2,1-2H3. The molecule has 0 aromatic heterocycles. The van der Waals surface area contributed by atoms with Crippen LogP contribution in [-0.4, -0.2) is 41.9 Å². The summed E-state index contributed by atoms with van der Waals surface area (Å²) in [6.45, 7) is 5.41. The van der Waals surface area contributed by atoms with Crippen LogP contribution in [0.2, 0.25) is 0 Å². The molecule has 0 spiro atoms. The minimum atomic E-state index is -0.611. The van der Waals surface area contributed by atoms with Crippen molar-refractivity contribution in [3.63, 3.8) is 0 Å². The SMILES string of the molecule is CC1(C)C(=O)CCN1C(=O)C1CCOC1. The lowest BCUT2D eigenvalue weighted by molar-refractivity contribution is -0.142. The second-order valence-electron chi connectivity index (χ2n) is 4.78. The van der Waals surface area contributed by atoms with Gasteiger partial charge in [-0.1, -0.05) is 0 Å². The van der Waals surface area contributed by atoms with E-state index >= 15 is 0 Å². The van der Waals surface area contributed by atoms with Gasteiger partial charge in [0, 0.05) is 19.6 Å². The van der Waals surface area contributed by atoms with Gasteiger partial charge in [-0.2, -0.15) is 0 Å². The molecule has 0 aromatic carbocycles. The average Bonchev–Trinajstić information content (AvgIpc) is 2.76. The quantitative estimate of drug-likeness (QED) is 0.638. The van der Waals surface area contributed by atoms with E-state index in [1.165, 1.54) is 0 Å². The Kier molecular flexibility index (Phi) is 2.54. The van der Waals surface area contributed by atoms with Gasteiger partial charge in [0.15, 0.2) is 5.78 Å². The van der Waals surface area contributed by atoms with Crippen LogP contribution in [0.4, 0.5) is 0 Å². The first kappa shape index (κ1) is 10.6. The largest absolute Gasteiger partial charge is 0.381 e. The second kappa shape index (κ2) is 3.59. The molecular formula is C11H17NO3. The van der Waals surface area contributed by atoms with Gasteiger partial charge in [0.1, 0.15) is 0 Å². The fourth-order valence-electron chi connectivity index (χ4n) is 2.28. The number of Topliss-reactive ketones (excluding diaryl/α,β-unsaturated/α-hetero) is 1. The monoisotopic (exact) mass is 211 g/mol. The maximum atomic E-state index is 12.1. The lowest BCUT2D eigenvalue weighted by atomic mass is 9.98. The van der Waals surface area contributed by atoms with Crippen LogP contribution in [0.5, 0.6) is 0 Å². The molecule has 0 radical (unpaired) electrons. The fraction of sp³-hybridized carbons (Fsp3) is 0.818. The molecule has 0 aliphatic carbocycles. The second-order valence-corrected chi connectivity index (χ2v) is 4.78. The van der Waals surface area contributed by atoms with Crippen molar-refractivity contribution in [2.45, 2.75) is 32.2 Å². The zero-order valence-corrected chi connectivity index (χ0v) is 9.28. The summed E-state index contributed by atoms with van der Waals surface area (Å²) in [6.07, 6.45) is 1.28. The maximum absolute atomic E-state index is 12.1. The molecule has 0 saturated carbocycles. The summed E-state index contributed by atoms with van der Waals surface area (Å²) in [5.41, 5.74) is -0.611. The Morgan fingerprint density at radius 1 is 1.53 bits per heavy atom. The summed E-state index contributed by atoms with van der Waals surface area (Å²) in [5, 5.41) is 0. The van der Waals surface area contributed by atoms with Gasteiger partial charge in [0.25, 0.3) is 0 Å². The molecule has 2 aliphatic heterocycles. The van der Waals surface area contributed by atoms with Crippen LogP contribution in [0.15, 0.2) is 0 Å². The number of amides is 1. The topological polar surface area (TPSA) is 46.6 Å². The molecule has 1 unspecified atom stereocenters. The normalized spacial score (nSPS) is 29.9. The van der Waals surface area contributed by atoms with E-state index in [0.717, 1.165) is 6.42 Å². The lowest BCUT2D eigenvalue weighted by Crippen LogP contribution is -2.48. The predicted octanol–water partition coefficient (Wildman–Crippen LogP) is 0.603. The predicted molar refractivity (Wildman–Crippen MR) is 54.3 cm³/mol. The van der Waals surface area contributed by atoms with Crippen LogP contribution in [0.3, 0.4) is 0 Å². The highest BCUT2D eigenvalue weighted by Gasteiger charge is 2.44. The van der Waals surface area contributed by atoms with E-state index in [2.05, 4.69) is 0 Å². The van der Waals surface area contributed by atoms with Gasteiger partial charge >= 0.3 is 0 Å². The van der Waals surface area contributed by atoms with Crippen molar-refractivity contribution in [1.29, 1.82) is 0 Å². The van der Waals surface area contributed by atoms with Crippen molar-refractivity contribution in [3.05, 3.63) is 0 Å². The van der Waals surface area contributed by atoms with E-state index in [0.29, 0.717) is 26.2 Å². The maximum Gasteiger partial charge on any atom is 0.228 e. The van der Waals surface area contributed by atoms with Crippen LogP contribution in [0.1, 0.15) is 26.7 Å². The van der Waals surface area contributed by atoms with E-state index < -0.39 is 5.54 Å². The van der Waals surface area contributed by atoms with Crippen molar-refractivity contribution >= 4 is 11.7 Å². The Labute approximate surface area is 89.6 Å². The third kappa shape index (κ3) is 1.67. The molecule has 0 aromatic rings. The molecule has 2 rings (SSSR count). The molecule has 15 heavy (non-hydrogen) atoms. The summed E-state index contributed by atoms with van der Waals surface area (Å²) in [7, 11) is 0. The molecule has 4 nitrogen and oxygen atoms in total. The first-order valence-electron chi connectivity index (χ1n) is 5.46. The number of hydrogen-bond donors (Lipinski definition) is 0. The number of nitrogens with zero attached hydrogens (tertiary/aromatic N) is 1. The molecule has 1 amide bonds. The molecule has 1 atom stereocenters. The van der Waals surface area contributed by atoms with E-state index in [1.54, 1.807) is 4.90 Å². The Morgan fingerprint density at radius 3 is 2.73 bits per heavy atom. The molecule has 0 N–H and O–H groups in total. The highest BCUT2D eigenvalue weighted by molar-refractivity contribution is 5.96. The number of carbonyl (C=O) groups excluding carboxylic acids is 2. The molecular weight excluding hydrogens is 194 g/mol. The Hall–Kier alpha value is -0.900. The molecule has 0 bridgehead atoms. The van der Waals surface area contributed by atoms with Crippen molar-refractivity contribution < 1.29 is 14.3 Å². The smallest absolute Gasteiger partial charge is 0.228 e. The summed E-state index contributed by atoms with van der Waals surface area (Å²) >= 11 is 0. The first-order valence-corrected chi connectivity index (χ1v) is 5.46. The average molecular weight is 211 g/mol. The van der Waals surface area contributed by atoms with Gasteiger partial charge in [-0.15, -0.1) is 0 Å². The van der Waals surface area contributed by atoms with Gasteiger partial charge in [-0.25, -0.2) is 0 Å². The number of ketones is 1. The van der Waals surface area contributed by atoms with Crippen LogP contribution in [0.25, 0.3) is 0 Å². The first-order chi connectivity index (χ1) is 7.03. The zero-order chi connectivity index (χ0) is 11.1. The number of likely N-dealkylation sites (tertiary alicyclic amines) is 1. The minimum absolute atomic E-state index is 0.0322. The van der Waals surface area contributed by atoms with E-state index in [9.17, 15) is 9.59 Å². The zero-order valence-electron chi connectivity index (χ0n) is 9.28. The van der Waals surface area contributed by atoms with E-state index in [1.807, 2.05) is 13.8 Å².